The lowest BCUT2D eigenvalue weighted by molar-refractivity contribution is 1.30. The third-order valence-electron chi connectivity index (χ3n) is 2.30. The zero-order chi connectivity index (χ0) is 10.7. The van der Waals surface area contributed by atoms with Crippen LogP contribution in [0.3, 0.4) is 0 Å². The summed E-state index contributed by atoms with van der Waals surface area (Å²) in [6.45, 7) is 2.06. The van der Waals surface area contributed by atoms with Gasteiger partial charge in [-0.15, -0.1) is 0 Å². The highest BCUT2D eigenvalue weighted by molar-refractivity contribution is 7.99. The largest absolute Gasteiger partial charge is 0.398 e. The van der Waals surface area contributed by atoms with Crippen molar-refractivity contribution in [2.24, 2.45) is 0 Å². The van der Waals surface area contributed by atoms with Gasteiger partial charge in [0.2, 0.25) is 0 Å². The fourth-order valence-corrected chi connectivity index (χ4v) is 2.32. The molecule has 1 nitrogen and oxygen atoms in total. The molecule has 0 unspecified atom stereocenters. The number of hydrogen-bond acceptors (Lipinski definition) is 2. The highest BCUT2D eigenvalue weighted by Crippen LogP contribution is 2.31. The average Bonchev–Trinajstić information content (AvgIpc) is 2.26. The molecule has 0 saturated heterocycles. The van der Waals surface area contributed by atoms with Crippen molar-refractivity contribution < 1.29 is 0 Å². The minimum Gasteiger partial charge on any atom is -0.398 e. The highest BCUT2D eigenvalue weighted by atomic mass is 32.2. The molecule has 0 amide bonds. The Kier molecular flexibility index (Phi) is 2.97. The van der Waals surface area contributed by atoms with Crippen LogP contribution in [0.5, 0.6) is 0 Å². The Hall–Kier alpha value is -1.41. The van der Waals surface area contributed by atoms with E-state index in [2.05, 4.69) is 25.1 Å². The lowest BCUT2D eigenvalue weighted by Crippen LogP contribution is -1.90. The van der Waals surface area contributed by atoms with Crippen molar-refractivity contribution in [3.05, 3.63) is 54.1 Å². The number of rotatable bonds is 2. The molecule has 0 aliphatic rings. The van der Waals surface area contributed by atoms with Crippen LogP contribution in [0.1, 0.15) is 5.56 Å². The minimum absolute atomic E-state index is 0.857. The molecule has 2 heteroatoms. The Morgan fingerprint density at radius 3 is 2.40 bits per heavy atom. The summed E-state index contributed by atoms with van der Waals surface area (Å²) in [4.78, 5) is 2.47. The van der Waals surface area contributed by atoms with Crippen molar-refractivity contribution in [2.75, 3.05) is 5.73 Å². The maximum absolute atomic E-state index is 5.86. The molecule has 2 rings (SSSR count). The molecule has 2 aromatic carbocycles. The van der Waals surface area contributed by atoms with Crippen LogP contribution < -0.4 is 5.73 Å². The van der Waals surface area contributed by atoms with Gasteiger partial charge in [-0.05, 0) is 36.8 Å². The topological polar surface area (TPSA) is 26.0 Å². The first-order chi connectivity index (χ1) is 7.27. The number of hydrogen-bond donors (Lipinski definition) is 1. The van der Waals surface area contributed by atoms with Crippen molar-refractivity contribution in [1.82, 2.24) is 0 Å². The van der Waals surface area contributed by atoms with Crippen molar-refractivity contribution >= 4 is 17.4 Å². The summed E-state index contributed by atoms with van der Waals surface area (Å²) in [5, 5.41) is 0. The molecule has 0 atom stereocenters. The van der Waals surface area contributed by atoms with Crippen LogP contribution in [0.15, 0.2) is 58.3 Å². The van der Waals surface area contributed by atoms with E-state index in [9.17, 15) is 0 Å². The predicted octanol–water partition coefficient (Wildman–Crippen LogP) is 3.73. The molecule has 0 aromatic heterocycles. The zero-order valence-corrected chi connectivity index (χ0v) is 9.42. The van der Waals surface area contributed by atoms with E-state index >= 15 is 0 Å². The van der Waals surface area contributed by atoms with Crippen LogP contribution in [0.25, 0.3) is 0 Å². The van der Waals surface area contributed by atoms with E-state index < -0.39 is 0 Å². The molecule has 0 aliphatic heterocycles. The van der Waals surface area contributed by atoms with E-state index in [-0.39, 0.29) is 0 Å². The average molecular weight is 215 g/mol. The smallest absolute Gasteiger partial charge is 0.0355 e. The van der Waals surface area contributed by atoms with Gasteiger partial charge in [0.25, 0.3) is 0 Å². The van der Waals surface area contributed by atoms with E-state index in [4.69, 9.17) is 5.73 Å². The quantitative estimate of drug-likeness (QED) is 0.772. The normalized spacial score (nSPS) is 10.2. The van der Waals surface area contributed by atoms with Gasteiger partial charge < -0.3 is 5.73 Å². The lowest BCUT2D eigenvalue weighted by Gasteiger charge is -2.07. The van der Waals surface area contributed by atoms with E-state index in [1.165, 1.54) is 9.79 Å². The van der Waals surface area contributed by atoms with Gasteiger partial charge in [-0.2, -0.15) is 0 Å². The van der Waals surface area contributed by atoms with Gasteiger partial charge in [0, 0.05) is 15.5 Å². The van der Waals surface area contributed by atoms with Crippen molar-refractivity contribution in [2.45, 2.75) is 16.7 Å². The molecule has 0 radical (unpaired) electrons. The summed E-state index contributed by atoms with van der Waals surface area (Å²) >= 11 is 1.75. The fourth-order valence-electron chi connectivity index (χ4n) is 1.36. The summed E-state index contributed by atoms with van der Waals surface area (Å²) in [7, 11) is 0. The molecule has 15 heavy (non-hydrogen) atoms. The fraction of sp³-hybridized carbons (Fsp3) is 0.0769. The zero-order valence-electron chi connectivity index (χ0n) is 8.60. The Morgan fingerprint density at radius 2 is 1.67 bits per heavy atom. The molecule has 2 N–H and O–H groups in total. The summed E-state index contributed by atoms with van der Waals surface area (Å²) in [6.07, 6.45) is 0. The van der Waals surface area contributed by atoms with Gasteiger partial charge in [-0.3, -0.25) is 0 Å². The molecule has 0 bridgehead atoms. The number of nitrogens with two attached hydrogens (primary N) is 1. The molecule has 0 saturated carbocycles. The second-order valence-corrected chi connectivity index (χ2v) is 4.50. The van der Waals surface area contributed by atoms with Gasteiger partial charge in [-0.1, -0.05) is 36.0 Å². The second-order valence-electron chi connectivity index (χ2n) is 3.39. The van der Waals surface area contributed by atoms with Crippen LogP contribution in [0.2, 0.25) is 0 Å². The summed E-state index contributed by atoms with van der Waals surface area (Å²) in [5.41, 5.74) is 7.88. The number of anilines is 1. The van der Waals surface area contributed by atoms with E-state index in [0.717, 1.165) is 11.3 Å². The number of benzene rings is 2. The minimum atomic E-state index is 0.857. The SMILES string of the molecule is Cc1c(N)cccc1Sc1ccccc1. The third-order valence-corrected chi connectivity index (χ3v) is 3.47. The van der Waals surface area contributed by atoms with Crippen LogP contribution in [-0.2, 0) is 0 Å². The van der Waals surface area contributed by atoms with Gasteiger partial charge in [-0.25, -0.2) is 0 Å². The van der Waals surface area contributed by atoms with Gasteiger partial charge >= 0.3 is 0 Å². The van der Waals surface area contributed by atoms with Crippen LogP contribution in [0.4, 0.5) is 5.69 Å². The van der Waals surface area contributed by atoms with Crippen LogP contribution in [-0.4, -0.2) is 0 Å². The molecule has 0 aliphatic carbocycles. The summed E-state index contributed by atoms with van der Waals surface area (Å²) in [5.74, 6) is 0. The second kappa shape index (κ2) is 4.41. The van der Waals surface area contributed by atoms with Crippen molar-refractivity contribution in [1.29, 1.82) is 0 Å². The lowest BCUT2D eigenvalue weighted by atomic mass is 10.2. The third kappa shape index (κ3) is 2.34. The summed E-state index contributed by atoms with van der Waals surface area (Å²) in [6, 6.07) is 16.4. The standard InChI is InChI=1S/C13H13NS/c1-10-12(14)8-5-9-13(10)15-11-6-3-2-4-7-11/h2-9H,14H2,1H3. The molecular formula is C13H13NS. The molecule has 76 valence electrons. The Labute approximate surface area is 94.3 Å². The van der Waals surface area contributed by atoms with E-state index in [0.29, 0.717) is 0 Å². The Balaban J connectivity index is 2.29. The molecule has 0 fully saturated rings. The maximum atomic E-state index is 5.86. The first-order valence-electron chi connectivity index (χ1n) is 4.85. The Morgan fingerprint density at radius 1 is 0.933 bits per heavy atom. The van der Waals surface area contributed by atoms with E-state index in [1.54, 1.807) is 11.8 Å². The first kappa shape index (κ1) is 10.1. The molecule has 2 aromatic rings. The van der Waals surface area contributed by atoms with Crippen molar-refractivity contribution in [3.63, 3.8) is 0 Å². The predicted molar refractivity (Wildman–Crippen MR) is 66.2 cm³/mol. The molecular weight excluding hydrogens is 202 g/mol. The highest BCUT2D eigenvalue weighted by Gasteiger charge is 2.02. The Bertz CT molecular complexity index is 451. The first-order valence-corrected chi connectivity index (χ1v) is 5.67. The van der Waals surface area contributed by atoms with Gasteiger partial charge in [0.1, 0.15) is 0 Å². The van der Waals surface area contributed by atoms with Gasteiger partial charge in [0.15, 0.2) is 0 Å². The number of nitrogen functional groups attached to an aromatic ring is 1. The maximum Gasteiger partial charge on any atom is 0.0355 e. The van der Waals surface area contributed by atoms with Gasteiger partial charge in [0.05, 0.1) is 0 Å². The van der Waals surface area contributed by atoms with Crippen LogP contribution in [0, 0.1) is 6.92 Å². The van der Waals surface area contributed by atoms with Crippen molar-refractivity contribution in [3.8, 4) is 0 Å². The molecule has 0 spiro atoms. The monoisotopic (exact) mass is 215 g/mol. The molecule has 0 heterocycles. The van der Waals surface area contributed by atoms with E-state index in [1.807, 2.05) is 30.3 Å². The summed E-state index contributed by atoms with van der Waals surface area (Å²) < 4.78 is 0. The van der Waals surface area contributed by atoms with Crippen LogP contribution >= 0.6 is 11.8 Å².